The Labute approximate surface area is 127 Å². The molecule has 0 aliphatic rings. The molecule has 0 bridgehead atoms. The molecule has 0 aliphatic heterocycles. The second kappa shape index (κ2) is 4.54. The molecule has 20 heavy (non-hydrogen) atoms. The molecule has 0 aromatic carbocycles. The number of aromatic nitrogens is 5. The summed E-state index contributed by atoms with van der Waals surface area (Å²) in [5, 5.41) is 18.6. The Morgan fingerprint density at radius 3 is 2.75 bits per heavy atom. The molecule has 0 fully saturated rings. The zero-order chi connectivity index (χ0) is 14.4. The molecule has 3 aromatic heterocycles. The van der Waals surface area contributed by atoms with E-state index in [1.165, 1.54) is 6.20 Å². The normalized spacial score (nSPS) is 11.2. The number of carbonyl (C=O) groups is 1. The molecule has 0 radical (unpaired) electrons. The van der Waals surface area contributed by atoms with Crippen molar-refractivity contribution in [2.24, 2.45) is 7.05 Å². The summed E-state index contributed by atoms with van der Waals surface area (Å²) in [7, 11) is 1.78. The van der Waals surface area contributed by atoms with Gasteiger partial charge in [0.15, 0.2) is 5.65 Å². The van der Waals surface area contributed by atoms with Crippen molar-refractivity contribution in [3.05, 3.63) is 33.4 Å². The van der Waals surface area contributed by atoms with Gasteiger partial charge in [-0.3, -0.25) is 4.68 Å². The van der Waals surface area contributed by atoms with E-state index in [1.807, 2.05) is 6.92 Å². The predicted molar refractivity (Wildman–Crippen MR) is 80.0 cm³/mol. The third-order valence-corrected chi connectivity index (χ3v) is 3.57. The van der Waals surface area contributed by atoms with Crippen LogP contribution in [0, 0.1) is 10.5 Å². The highest BCUT2D eigenvalue weighted by atomic mass is 127. The summed E-state index contributed by atoms with van der Waals surface area (Å²) in [6, 6.07) is 0. The van der Waals surface area contributed by atoms with Crippen molar-refractivity contribution in [2.75, 3.05) is 0 Å². The number of fused-ring (bicyclic) bond motifs is 1. The maximum atomic E-state index is 11.5. The molecule has 102 valence electrons. The molecular weight excluding hydrogens is 373 g/mol. The largest absolute Gasteiger partial charge is 0.478 e. The number of hydrogen-bond acceptors (Lipinski definition) is 4. The zero-order valence-electron chi connectivity index (χ0n) is 10.7. The lowest BCUT2D eigenvalue weighted by molar-refractivity contribution is 0.0696. The zero-order valence-corrected chi connectivity index (χ0v) is 12.9. The van der Waals surface area contributed by atoms with Crippen molar-refractivity contribution in [1.82, 2.24) is 24.5 Å². The van der Waals surface area contributed by atoms with E-state index in [4.69, 9.17) is 0 Å². The average molecular weight is 383 g/mol. The Morgan fingerprint density at radius 1 is 1.40 bits per heavy atom. The van der Waals surface area contributed by atoms with Crippen LogP contribution in [0.4, 0.5) is 0 Å². The molecule has 1 N–H and O–H groups in total. The van der Waals surface area contributed by atoms with Gasteiger partial charge in [0.2, 0.25) is 0 Å². The molecular formula is C12H10IN5O2. The molecule has 0 aliphatic carbocycles. The number of carboxylic acid groups (broad SMARTS) is 1. The van der Waals surface area contributed by atoms with Gasteiger partial charge in [0, 0.05) is 19.4 Å². The molecule has 8 heteroatoms. The molecule has 3 aromatic rings. The Kier molecular flexibility index (Phi) is 2.96. The number of aryl methyl sites for hydroxylation is 2. The second-order valence-electron chi connectivity index (χ2n) is 4.34. The highest BCUT2D eigenvalue weighted by Gasteiger charge is 2.21. The second-order valence-corrected chi connectivity index (χ2v) is 5.58. The van der Waals surface area contributed by atoms with E-state index in [0.29, 0.717) is 16.7 Å². The highest BCUT2D eigenvalue weighted by molar-refractivity contribution is 14.1. The third kappa shape index (κ3) is 1.87. The van der Waals surface area contributed by atoms with Gasteiger partial charge >= 0.3 is 5.97 Å². The molecule has 0 amide bonds. The highest BCUT2D eigenvalue weighted by Crippen LogP contribution is 2.27. The fourth-order valence-corrected chi connectivity index (χ4v) is 2.60. The topological polar surface area (TPSA) is 85.8 Å². The van der Waals surface area contributed by atoms with Crippen LogP contribution in [-0.2, 0) is 7.05 Å². The van der Waals surface area contributed by atoms with Crippen LogP contribution in [0.3, 0.4) is 0 Å². The lowest BCUT2D eigenvalue weighted by Crippen LogP contribution is -2.08. The van der Waals surface area contributed by atoms with Crippen LogP contribution in [0.5, 0.6) is 0 Å². The summed E-state index contributed by atoms with van der Waals surface area (Å²) in [6.07, 6.45) is 4.79. The van der Waals surface area contributed by atoms with Crippen LogP contribution in [-0.4, -0.2) is 35.6 Å². The molecule has 0 unspecified atom stereocenters. The maximum Gasteiger partial charge on any atom is 0.339 e. The van der Waals surface area contributed by atoms with Gasteiger partial charge in [0.05, 0.1) is 26.5 Å². The van der Waals surface area contributed by atoms with Gasteiger partial charge in [0.25, 0.3) is 0 Å². The first-order valence-electron chi connectivity index (χ1n) is 5.75. The van der Waals surface area contributed by atoms with Gasteiger partial charge in [-0.1, -0.05) is 0 Å². The fraction of sp³-hybridized carbons (Fsp3) is 0.167. The molecule has 0 saturated carbocycles. The van der Waals surface area contributed by atoms with E-state index in [-0.39, 0.29) is 5.56 Å². The van der Waals surface area contributed by atoms with Crippen molar-refractivity contribution in [2.45, 2.75) is 6.92 Å². The van der Waals surface area contributed by atoms with E-state index in [1.54, 1.807) is 28.8 Å². The first-order chi connectivity index (χ1) is 9.49. The lowest BCUT2D eigenvalue weighted by atomic mass is 10.1. The van der Waals surface area contributed by atoms with Gasteiger partial charge in [-0.05, 0) is 29.5 Å². The third-order valence-electron chi connectivity index (χ3n) is 3.01. The summed E-state index contributed by atoms with van der Waals surface area (Å²) in [5.74, 6) is -1.04. The van der Waals surface area contributed by atoms with Crippen LogP contribution in [0.2, 0.25) is 0 Å². The van der Waals surface area contributed by atoms with Crippen LogP contribution < -0.4 is 0 Å². The summed E-state index contributed by atoms with van der Waals surface area (Å²) >= 11 is 2.13. The number of rotatable bonds is 2. The van der Waals surface area contributed by atoms with Gasteiger partial charge in [-0.25, -0.2) is 14.5 Å². The summed E-state index contributed by atoms with van der Waals surface area (Å²) in [4.78, 5) is 15.6. The SMILES string of the molecule is Cc1nn(C)c2ncc(C(=O)O)c(-n3cc(I)cn3)c12. The van der Waals surface area contributed by atoms with Crippen molar-refractivity contribution in [3.63, 3.8) is 0 Å². The minimum Gasteiger partial charge on any atom is -0.478 e. The van der Waals surface area contributed by atoms with Gasteiger partial charge in [-0.15, -0.1) is 0 Å². The lowest BCUT2D eigenvalue weighted by Gasteiger charge is -2.08. The Balaban J connectivity index is 2.47. The van der Waals surface area contributed by atoms with Gasteiger partial charge in [-0.2, -0.15) is 10.2 Å². The van der Waals surface area contributed by atoms with Gasteiger partial charge in [0.1, 0.15) is 5.56 Å². The van der Waals surface area contributed by atoms with Crippen molar-refractivity contribution >= 4 is 39.6 Å². The first-order valence-corrected chi connectivity index (χ1v) is 6.83. The molecule has 0 saturated heterocycles. The van der Waals surface area contributed by atoms with E-state index in [0.717, 1.165) is 9.26 Å². The van der Waals surface area contributed by atoms with Crippen LogP contribution in [0.1, 0.15) is 16.1 Å². The van der Waals surface area contributed by atoms with E-state index < -0.39 is 5.97 Å². The van der Waals surface area contributed by atoms with Crippen LogP contribution in [0.15, 0.2) is 18.6 Å². The number of carboxylic acids is 1. The van der Waals surface area contributed by atoms with Crippen molar-refractivity contribution in [3.8, 4) is 5.69 Å². The quantitative estimate of drug-likeness (QED) is 0.682. The standard InChI is InChI=1S/C12H10IN5O2/c1-6-9-10(18-5-7(13)3-15-18)8(12(19)20)4-14-11(9)17(2)16-6/h3-5H,1-2H3,(H,19,20). The van der Waals surface area contributed by atoms with Crippen LogP contribution >= 0.6 is 22.6 Å². The summed E-state index contributed by atoms with van der Waals surface area (Å²) < 4.78 is 4.11. The van der Waals surface area contributed by atoms with Crippen molar-refractivity contribution in [1.29, 1.82) is 0 Å². The molecule has 3 rings (SSSR count). The maximum absolute atomic E-state index is 11.5. The molecule has 7 nitrogen and oxygen atoms in total. The Hall–Kier alpha value is -1.97. The van der Waals surface area contributed by atoms with Gasteiger partial charge < -0.3 is 5.11 Å². The van der Waals surface area contributed by atoms with E-state index in [9.17, 15) is 9.90 Å². The molecule has 0 atom stereocenters. The summed E-state index contributed by atoms with van der Waals surface area (Å²) in [6.45, 7) is 1.83. The molecule has 3 heterocycles. The first kappa shape index (κ1) is 13.0. The Morgan fingerprint density at radius 2 is 2.15 bits per heavy atom. The number of nitrogens with zero attached hydrogens (tertiary/aromatic N) is 5. The number of hydrogen-bond donors (Lipinski definition) is 1. The van der Waals surface area contributed by atoms with Crippen LogP contribution in [0.25, 0.3) is 16.7 Å². The minimum absolute atomic E-state index is 0.105. The Bertz CT molecular complexity index is 836. The molecule has 0 spiro atoms. The number of aromatic carboxylic acids is 1. The van der Waals surface area contributed by atoms with Crippen molar-refractivity contribution < 1.29 is 9.90 Å². The van der Waals surface area contributed by atoms with E-state index >= 15 is 0 Å². The number of halogens is 1. The smallest absolute Gasteiger partial charge is 0.339 e. The van der Waals surface area contributed by atoms with E-state index in [2.05, 4.69) is 37.8 Å². The predicted octanol–water partition coefficient (Wildman–Crippen LogP) is 1.77. The minimum atomic E-state index is -1.04. The monoisotopic (exact) mass is 383 g/mol. The fourth-order valence-electron chi connectivity index (χ4n) is 2.21. The average Bonchev–Trinajstić information content (AvgIpc) is 2.93. The number of pyridine rings is 1. The summed E-state index contributed by atoms with van der Waals surface area (Å²) in [5.41, 5.74) is 1.95.